The predicted octanol–water partition coefficient (Wildman–Crippen LogP) is 2.22. The summed E-state index contributed by atoms with van der Waals surface area (Å²) in [5, 5.41) is 19.6. The number of esters is 1. The van der Waals surface area contributed by atoms with Gasteiger partial charge in [-0.15, -0.1) is 16.4 Å². The van der Waals surface area contributed by atoms with Crippen molar-refractivity contribution < 1.29 is 28.8 Å². The van der Waals surface area contributed by atoms with Crippen LogP contribution in [-0.4, -0.2) is 65.6 Å². The summed E-state index contributed by atoms with van der Waals surface area (Å²) in [5.74, 6) is -2.36. The first kappa shape index (κ1) is 22.8. The van der Waals surface area contributed by atoms with Gasteiger partial charge < -0.3 is 19.7 Å². The smallest absolute Gasteiger partial charge is 0.362 e. The Labute approximate surface area is 175 Å². The number of ether oxygens (including phenoxy) is 2. The van der Waals surface area contributed by atoms with Crippen LogP contribution in [-0.2, 0) is 4.74 Å². The highest BCUT2D eigenvalue weighted by atomic mass is 32.1. The van der Waals surface area contributed by atoms with Crippen molar-refractivity contribution in [1.29, 1.82) is 0 Å². The van der Waals surface area contributed by atoms with E-state index in [4.69, 9.17) is 9.47 Å². The molecule has 2 heterocycles. The van der Waals surface area contributed by atoms with E-state index in [1.54, 1.807) is 21.0 Å². The summed E-state index contributed by atoms with van der Waals surface area (Å²) < 4.78 is 9.96. The Bertz CT molecular complexity index is 995. The molecule has 0 atom stereocenters. The predicted molar refractivity (Wildman–Crippen MR) is 107 cm³/mol. The van der Waals surface area contributed by atoms with E-state index in [9.17, 15) is 24.5 Å². The highest BCUT2D eigenvalue weighted by molar-refractivity contribution is 7.18. The number of carbonyl (C=O) groups excluding carboxylic acids is 3. The van der Waals surface area contributed by atoms with Gasteiger partial charge in [-0.3, -0.25) is 24.8 Å². The van der Waals surface area contributed by atoms with Gasteiger partial charge in [-0.1, -0.05) is 6.92 Å². The number of amides is 2. The van der Waals surface area contributed by atoms with Gasteiger partial charge in [0.2, 0.25) is 5.69 Å². The zero-order valence-electron chi connectivity index (χ0n) is 17.0. The number of nitrogens with one attached hydrogen (secondary N) is 2. The average Bonchev–Trinajstić information content (AvgIpc) is 3.26. The monoisotopic (exact) mass is 439 g/mol. The minimum atomic E-state index is -0.924. The van der Waals surface area contributed by atoms with E-state index in [-0.39, 0.29) is 33.8 Å². The molecule has 0 radical (unpaired) electrons. The quantitative estimate of drug-likeness (QED) is 0.360. The SMILES string of the molecule is CCCOC(=O)c1c(NC(=O)c2[nH]nc(OC)c2[N+](=O)[O-])sc(C(=O)N(C)C)c1C. The Morgan fingerprint density at radius 2 is 2.00 bits per heavy atom. The molecule has 0 fully saturated rings. The highest BCUT2D eigenvalue weighted by Gasteiger charge is 2.33. The molecule has 0 saturated heterocycles. The number of nitrogens with zero attached hydrogens (tertiary/aromatic N) is 3. The third-order valence-electron chi connectivity index (χ3n) is 3.93. The van der Waals surface area contributed by atoms with E-state index in [0.717, 1.165) is 11.3 Å². The molecule has 2 rings (SSSR count). The topological polar surface area (TPSA) is 157 Å². The summed E-state index contributed by atoms with van der Waals surface area (Å²) in [6.07, 6.45) is 0.584. The Hall–Kier alpha value is -3.48. The number of thiophene rings is 1. The van der Waals surface area contributed by atoms with Crippen LogP contribution in [0.3, 0.4) is 0 Å². The molecular formula is C17H21N5O7S. The maximum absolute atomic E-state index is 12.7. The average molecular weight is 439 g/mol. The lowest BCUT2D eigenvalue weighted by molar-refractivity contribution is -0.386. The summed E-state index contributed by atoms with van der Waals surface area (Å²) in [6.45, 7) is 3.54. The Kier molecular flexibility index (Phi) is 7.10. The number of nitro groups is 1. The van der Waals surface area contributed by atoms with Crippen molar-refractivity contribution in [2.24, 2.45) is 0 Å². The molecular weight excluding hydrogens is 418 g/mol. The summed E-state index contributed by atoms with van der Waals surface area (Å²) in [6, 6.07) is 0. The van der Waals surface area contributed by atoms with Crippen LogP contribution in [0, 0.1) is 17.0 Å². The maximum atomic E-state index is 12.7. The van der Waals surface area contributed by atoms with E-state index in [1.807, 2.05) is 6.92 Å². The van der Waals surface area contributed by atoms with Gasteiger partial charge in [-0.05, 0) is 18.9 Å². The Balaban J connectivity index is 2.50. The molecule has 0 aliphatic heterocycles. The highest BCUT2D eigenvalue weighted by Crippen LogP contribution is 2.36. The van der Waals surface area contributed by atoms with Gasteiger partial charge in [-0.25, -0.2) is 4.79 Å². The molecule has 0 aliphatic carbocycles. The third kappa shape index (κ3) is 4.40. The van der Waals surface area contributed by atoms with E-state index in [1.165, 1.54) is 12.0 Å². The first-order valence-electron chi connectivity index (χ1n) is 8.74. The van der Waals surface area contributed by atoms with E-state index < -0.39 is 28.2 Å². The molecule has 30 heavy (non-hydrogen) atoms. The number of anilines is 1. The van der Waals surface area contributed by atoms with Crippen molar-refractivity contribution in [2.45, 2.75) is 20.3 Å². The number of carbonyl (C=O) groups is 3. The van der Waals surface area contributed by atoms with E-state index in [0.29, 0.717) is 12.0 Å². The van der Waals surface area contributed by atoms with Crippen LogP contribution in [0.1, 0.15) is 49.4 Å². The number of aromatic amines is 1. The van der Waals surface area contributed by atoms with Crippen molar-refractivity contribution in [1.82, 2.24) is 15.1 Å². The summed E-state index contributed by atoms with van der Waals surface area (Å²) >= 11 is 0.875. The first-order valence-corrected chi connectivity index (χ1v) is 9.55. The lowest BCUT2D eigenvalue weighted by atomic mass is 10.1. The van der Waals surface area contributed by atoms with Gasteiger partial charge in [0, 0.05) is 14.1 Å². The fourth-order valence-corrected chi connectivity index (χ4v) is 3.69. The summed E-state index contributed by atoms with van der Waals surface area (Å²) in [5.41, 5.74) is -0.757. The minimum absolute atomic E-state index is 0.0149. The fraction of sp³-hybridized carbons (Fsp3) is 0.412. The lowest BCUT2D eigenvalue weighted by Crippen LogP contribution is -2.21. The van der Waals surface area contributed by atoms with Crippen LogP contribution in [0.4, 0.5) is 10.7 Å². The van der Waals surface area contributed by atoms with Gasteiger partial charge in [0.15, 0.2) is 0 Å². The second-order valence-electron chi connectivity index (χ2n) is 6.26. The number of rotatable bonds is 8. The van der Waals surface area contributed by atoms with Crippen LogP contribution in [0.2, 0.25) is 0 Å². The van der Waals surface area contributed by atoms with Crippen molar-refractivity contribution in [3.05, 3.63) is 31.8 Å². The Morgan fingerprint density at radius 3 is 2.53 bits per heavy atom. The summed E-state index contributed by atoms with van der Waals surface area (Å²) in [4.78, 5) is 49.8. The second kappa shape index (κ2) is 9.35. The maximum Gasteiger partial charge on any atom is 0.362 e. The normalized spacial score (nSPS) is 10.4. The molecule has 0 bridgehead atoms. The van der Waals surface area contributed by atoms with Crippen molar-refractivity contribution in [3.63, 3.8) is 0 Å². The molecule has 0 spiro atoms. The fourth-order valence-electron chi connectivity index (χ4n) is 2.48. The number of methoxy groups -OCH3 is 1. The second-order valence-corrected chi connectivity index (χ2v) is 7.28. The first-order chi connectivity index (χ1) is 14.1. The molecule has 0 saturated carbocycles. The molecule has 2 aromatic rings. The van der Waals surface area contributed by atoms with Crippen molar-refractivity contribution >= 4 is 39.8 Å². The zero-order valence-corrected chi connectivity index (χ0v) is 17.8. The van der Waals surface area contributed by atoms with Crippen LogP contribution >= 0.6 is 11.3 Å². The molecule has 2 aromatic heterocycles. The number of hydrogen-bond acceptors (Lipinski definition) is 9. The number of aromatic nitrogens is 2. The molecule has 2 amide bonds. The van der Waals surface area contributed by atoms with E-state index >= 15 is 0 Å². The van der Waals surface area contributed by atoms with Crippen LogP contribution in [0.15, 0.2) is 0 Å². The largest absolute Gasteiger partial charge is 0.475 e. The van der Waals surface area contributed by atoms with Crippen molar-refractivity contribution in [3.8, 4) is 5.88 Å². The standard InChI is InChI=1S/C17H21N5O7S/c1-6-7-29-17(25)9-8(2)12(16(24)21(3)4)30-15(9)18-13(23)10-11(22(26)27)14(28-5)20-19-10/h6-7H2,1-5H3,(H,18,23)(H,19,20). The van der Waals surface area contributed by atoms with Crippen LogP contribution in [0.5, 0.6) is 5.88 Å². The number of hydrogen-bond donors (Lipinski definition) is 2. The van der Waals surface area contributed by atoms with Gasteiger partial charge in [0.1, 0.15) is 5.00 Å². The third-order valence-corrected chi connectivity index (χ3v) is 5.12. The van der Waals surface area contributed by atoms with E-state index in [2.05, 4.69) is 15.5 Å². The van der Waals surface area contributed by atoms with Crippen LogP contribution < -0.4 is 10.1 Å². The molecule has 2 N–H and O–H groups in total. The van der Waals surface area contributed by atoms with Crippen molar-refractivity contribution in [2.75, 3.05) is 33.1 Å². The Morgan fingerprint density at radius 1 is 1.33 bits per heavy atom. The zero-order chi connectivity index (χ0) is 22.6. The lowest BCUT2D eigenvalue weighted by Gasteiger charge is -2.09. The molecule has 0 aliphatic rings. The molecule has 162 valence electrons. The molecule has 13 heteroatoms. The van der Waals surface area contributed by atoms with Gasteiger partial charge in [0.25, 0.3) is 11.8 Å². The number of H-pyrrole nitrogens is 1. The summed E-state index contributed by atoms with van der Waals surface area (Å²) in [7, 11) is 4.28. The van der Waals surface area contributed by atoms with Gasteiger partial charge in [0.05, 0.1) is 29.1 Å². The molecule has 0 unspecified atom stereocenters. The van der Waals surface area contributed by atoms with Gasteiger partial charge >= 0.3 is 17.5 Å². The van der Waals surface area contributed by atoms with Gasteiger partial charge in [-0.2, -0.15) is 0 Å². The molecule has 0 aromatic carbocycles. The van der Waals surface area contributed by atoms with Crippen LogP contribution in [0.25, 0.3) is 0 Å². The minimum Gasteiger partial charge on any atom is -0.475 e. The molecule has 12 nitrogen and oxygen atoms in total.